The van der Waals surface area contributed by atoms with Crippen LogP contribution < -0.4 is 10.6 Å². The molecule has 0 aliphatic carbocycles. The molecule has 0 saturated carbocycles. The zero-order valence-electron chi connectivity index (χ0n) is 21.7. The van der Waals surface area contributed by atoms with E-state index in [1.807, 2.05) is 67.5 Å². The maximum Gasteiger partial charge on any atom is 0.243 e. The molecule has 1 aliphatic heterocycles. The highest BCUT2D eigenvalue weighted by Gasteiger charge is 2.39. The molecule has 1 aliphatic rings. The molecule has 0 spiro atoms. The normalized spacial score (nSPS) is 14.6. The molecule has 198 valence electrons. The number of hydrogen-bond donors (Lipinski definition) is 3. The third-order valence-electron chi connectivity index (χ3n) is 6.14. The van der Waals surface area contributed by atoms with Gasteiger partial charge in [0, 0.05) is 12.5 Å². The highest BCUT2D eigenvalue weighted by Crippen LogP contribution is 2.30. The number of hydrogen-bond acceptors (Lipinski definition) is 5. The van der Waals surface area contributed by atoms with Crippen LogP contribution >= 0.6 is 0 Å². The number of amides is 2. The molecule has 38 heavy (non-hydrogen) atoms. The molecule has 8 heteroatoms. The van der Waals surface area contributed by atoms with E-state index < -0.39 is 12.1 Å². The summed E-state index contributed by atoms with van der Waals surface area (Å²) >= 11 is 0. The first-order valence-electron chi connectivity index (χ1n) is 12.3. The Kier molecular flexibility index (Phi) is 12.8. The number of likely N-dealkylation sites (N-methyl/N-ethyl adjacent to an activating group) is 1. The van der Waals surface area contributed by atoms with E-state index in [0.717, 1.165) is 17.5 Å². The molecule has 0 radical (unpaired) electrons. The van der Waals surface area contributed by atoms with Gasteiger partial charge < -0.3 is 25.3 Å². The van der Waals surface area contributed by atoms with Crippen LogP contribution in [0.4, 0.5) is 0 Å². The number of rotatable bonds is 7. The molecule has 8 nitrogen and oxygen atoms in total. The fourth-order valence-electron chi connectivity index (χ4n) is 4.53. The fraction of sp³-hybridized carbons (Fsp3) is 0.267. The van der Waals surface area contributed by atoms with Crippen LogP contribution in [-0.2, 0) is 14.4 Å². The van der Waals surface area contributed by atoms with Crippen molar-refractivity contribution >= 4 is 18.6 Å². The number of aromatic amines is 1. The monoisotopic (exact) mass is 513 g/mol. The molecule has 2 atom stereocenters. The van der Waals surface area contributed by atoms with E-state index in [1.54, 1.807) is 24.5 Å². The largest absolute Gasteiger partial charge is 0.343 e. The Balaban J connectivity index is 0.00000121. The van der Waals surface area contributed by atoms with Crippen LogP contribution in [0.3, 0.4) is 0 Å². The summed E-state index contributed by atoms with van der Waals surface area (Å²) in [6.07, 6.45) is 4.62. The number of nitrogens with zero attached hydrogens (tertiary/aromatic N) is 2. The van der Waals surface area contributed by atoms with Crippen LogP contribution in [0.15, 0.2) is 86.3 Å². The maximum atomic E-state index is 13.8. The van der Waals surface area contributed by atoms with E-state index in [-0.39, 0.29) is 24.3 Å². The van der Waals surface area contributed by atoms with E-state index in [0.29, 0.717) is 18.7 Å². The lowest BCUT2D eigenvalue weighted by molar-refractivity contribution is -0.140. The first-order valence-corrected chi connectivity index (χ1v) is 12.3. The molecule has 3 aromatic rings. The van der Waals surface area contributed by atoms with Crippen LogP contribution in [-0.4, -0.2) is 65.7 Å². The van der Waals surface area contributed by atoms with E-state index in [1.165, 1.54) is 0 Å². The van der Waals surface area contributed by atoms with Gasteiger partial charge in [-0.1, -0.05) is 66.6 Å². The Labute approximate surface area is 224 Å². The fourth-order valence-corrected chi connectivity index (χ4v) is 4.53. The van der Waals surface area contributed by atoms with Gasteiger partial charge in [-0.15, -0.1) is 13.2 Å². The quantitative estimate of drug-likeness (QED) is 0.333. The van der Waals surface area contributed by atoms with Crippen molar-refractivity contribution in [2.75, 3.05) is 20.1 Å². The van der Waals surface area contributed by atoms with Crippen molar-refractivity contribution < 1.29 is 14.4 Å². The highest BCUT2D eigenvalue weighted by molar-refractivity contribution is 5.91. The lowest BCUT2D eigenvalue weighted by atomic mass is 9.84. The summed E-state index contributed by atoms with van der Waals surface area (Å²) in [5, 5.41) is 6.11. The Morgan fingerprint density at radius 1 is 1.08 bits per heavy atom. The molecule has 1 saturated heterocycles. The van der Waals surface area contributed by atoms with Crippen molar-refractivity contribution in [2.45, 2.75) is 30.8 Å². The molecule has 2 aromatic carbocycles. The zero-order valence-corrected chi connectivity index (χ0v) is 21.7. The SMILES string of the molecule is C=C.C=O.CN[C@@H](C(=O)N1CCC[C@H]1C(=O)NCC#Cc1cnc[nH]1)C(c1ccccc1)c1ccccc1. The third-order valence-corrected chi connectivity index (χ3v) is 6.14. The molecular weight excluding hydrogens is 478 g/mol. The number of H-pyrrole nitrogens is 1. The molecular formula is C30H35N5O3. The number of carbonyl (C=O) groups excluding carboxylic acids is 3. The summed E-state index contributed by atoms with van der Waals surface area (Å²) < 4.78 is 0. The van der Waals surface area contributed by atoms with Crippen molar-refractivity contribution in [3.05, 3.63) is 103 Å². The van der Waals surface area contributed by atoms with Crippen LogP contribution in [0, 0.1) is 11.8 Å². The summed E-state index contributed by atoms with van der Waals surface area (Å²) in [4.78, 5) is 43.3. The van der Waals surface area contributed by atoms with Gasteiger partial charge in [-0.05, 0) is 36.9 Å². The predicted molar refractivity (Wildman–Crippen MR) is 149 cm³/mol. The van der Waals surface area contributed by atoms with Crippen molar-refractivity contribution in [3.8, 4) is 11.8 Å². The summed E-state index contributed by atoms with van der Waals surface area (Å²) in [6.45, 7) is 8.77. The summed E-state index contributed by atoms with van der Waals surface area (Å²) in [5.41, 5.74) is 2.79. The van der Waals surface area contributed by atoms with E-state index in [9.17, 15) is 9.59 Å². The molecule has 2 amide bonds. The first kappa shape index (κ1) is 29.7. The van der Waals surface area contributed by atoms with Gasteiger partial charge in [0.05, 0.1) is 25.1 Å². The Hall–Kier alpha value is -4.48. The molecule has 1 fully saturated rings. The van der Waals surface area contributed by atoms with Gasteiger partial charge in [-0.25, -0.2) is 4.98 Å². The Bertz CT molecular complexity index is 1130. The van der Waals surface area contributed by atoms with Crippen molar-refractivity contribution in [2.24, 2.45) is 0 Å². The van der Waals surface area contributed by atoms with Gasteiger partial charge in [0.25, 0.3) is 0 Å². The zero-order chi connectivity index (χ0) is 27.8. The predicted octanol–water partition coefficient (Wildman–Crippen LogP) is 2.91. The number of likely N-dealkylation sites (tertiary alicyclic amines) is 1. The van der Waals surface area contributed by atoms with Gasteiger partial charge in [0.15, 0.2) is 0 Å². The number of imidazole rings is 1. The molecule has 0 unspecified atom stereocenters. The van der Waals surface area contributed by atoms with Crippen LogP contribution in [0.25, 0.3) is 0 Å². The van der Waals surface area contributed by atoms with Crippen LogP contribution in [0.1, 0.15) is 35.6 Å². The first-order chi connectivity index (χ1) is 18.7. The van der Waals surface area contributed by atoms with Crippen LogP contribution in [0.2, 0.25) is 0 Å². The lowest BCUT2D eigenvalue weighted by Gasteiger charge is -2.33. The lowest BCUT2D eigenvalue weighted by Crippen LogP contribution is -2.53. The van der Waals surface area contributed by atoms with E-state index in [4.69, 9.17) is 4.79 Å². The second-order valence-corrected chi connectivity index (χ2v) is 8.24. The van der Waals surface area contributed by atoms with Crippen LogP contribution in [0.5, 0.6) is 0 Å². The minimum Gasteiger partial charge on any atom is -0.343 e. The summed E-state index contributed by atoms with van der Waals surface area (Å²) in [7, 11) is 1.80. The molecule has 2 heterocycles. The van der Waals surface area contributed by atoms with Gasteiger partial charge in [0.2, 0.25) is 11.8 Å². The number of benzene rings is 2. The smallest absolute Gasteiger partial charge is 0.243 e. The minimum atomic E-state index is -0.502. The average molecular weight is 514 g/mol. The highest BCUT2D eigenvalue weighted by atomic mass is 16.2. The van der Waals surface area contributed by atoms with E-state index in [2.05, 4.69) is 45.6 Å². The number of nitrogens with one attached hydrogen (secondary N) is 3. The third kappa shape index (κ3) is 7.76. The molecule has 0 bridgehead atoms. The standard InChI is InChI=1S/C27H29N5O2.C2H4.CH2O/c1-28-25(24(20-10-4-2-5-11-20)21-12-6-3-7-13-21)27(34)32-17-9-15-23(32)26(33)30-16-8-14-22-18-29-19-31-22;2*1-2/h2-7,10-13,18-19,23-25,28H,9,15-17H2,1H3,(H,29,31)(H,30,33);1-2H2;1H2/t23-,25+;;/m0../s1. The van der Waals surface area contributed by atoms with Gasteiger partial charge in [-0.2, -0.15) is 0 Å². The maximum absolute atomic E-state index is 13.8. The van der Waals surface area contributed by atoms with Gasteiger partial charge in [-0.3, -0.25) is 9.59 Å². The second-order valence-electron chi connectivity index (χ2n) is 8.24. The topological polar surface area (TPSA) is 107 Å². The minimum absolute atomic E-state index is 0.0681. The number of aromatic nitrogens is 2. The van der Waals surface area contributed by atoms with Gasteiger partial charge in [0.1, 0.15) is 18.5 Å². The summed E-state index contributed by atoms with van der Waals surface area (Å²) in [5.74, 6) is 5.41. The Morgan fingerprint density at radius 3 is 2.21 bits per heavy atom. The molecule has 1 aromatic heterocycles. The second kappa shape index (κ2) is 16.3. The van der Waals surface area contributed by atoms with E-state index >= 15 is 0 Å². The summed E-state index contributed by atoms with van der Waals surface area (Å²) in [6, 6.07) is 19.1. The van der Waals surface area contributed by atoms with Crippen molar-refractivity contribution in [1.82, 2.24) is 25.5 Å². The van der Waals surface area contributed by atoms with Gasteiger partial charge >= 0.3 is 0 Å². The van der Waals surface area contributed by atoms with Crippen molar-refractivity contribution in [3.63, 3.8) is 0 Å². The molecule has 3 N–H and O–H groups in total. The Morgan fingerprint density at radius 2 is 1.68 bits per heavy atom. The number of carbonyl (C=O) groups is 3. The molecule has 4 rings (SSSR count). The average Bonchev–Trinajstić information content (AvgIpc) is 3.69. The van der Waals surface area contributed by atoms with Crippen molar-refractivity contribution in [1.29, 1.82) is 0 Å².